The monoisotopic (exact) mass is 291 g/mol. The maximum Gasteiger partial charge on any atom is 0.372 e. The van der Waals surface area contributed by atoms with Gasteiger partial charge in [-0.2, -0.15) is 0 Å². The van der Waals surface area contributed by atoms with Crippen molar-refractivity contribution in [1.29, 1.82) is 0 Å². The van der Waals surface area contributed by atoms with Gasteiger partial charge in [0.15, 0.2) is 11.4 Å². The molecule has 0 amide bonds. The first kappa shape index (κ1) is 14.1. The molecule has 21 heavy (non-hydrogen) atoms. The normalized spacial score (nSPS) is 20.0. The molecular formula is C16H18FNO3. The molecule has 3 rings (SSSR count). The molecule has 1 aliphatic rings. The number of carbonyl (C=O) groups is 1. The lowest BCUT2D eigenvalue weighted by atomic mass is 10.0. The number of piperidine rings is 1. The van der Waals surface area contributed by atoms with Crippen LogP contribution in [0.25, 0.3) is 11.0 Å². The predicted molar refractivity (Wildman–Crippen MR) is 76.9 cm³/mol. The summed E-state index contributed by atoms with van der Waals surface area (Å²) in [4.78, 5) is 13.6. The highest BCUT2D eigenvalue weighted by Gasteiger charge is 2.26. The molecule has 4 nitrogen and oxygen atoms in total. The molecule has 1 aromatic heterocycles. The van der Waals surface area contributed by atoms with E-state index in [0.717, 1.165) is 19.4 Å². The Morgan fingerprint density at radius 3 is 3.00 bits per heavy atom. The lowest BCUT2D eigenvalue weighted by molar-refractivity contribution is 0.0659. The van der Waals surface area contributed by atoms with Crippen molar-refractivity contribution in [2.24, 2.45) is 0 Å². The summed E-state index contributed by atoms with van der Waals surface area (Å²) in [5.41, 5.74) is 0.611. The highest BCUT2D eigenvalue weighted by molar-refractivity contribution is 5.95. The van der Waals surface area contributed by atoms with Crippen molar-refractivity contribution < 1.29 is 18.7 Å². The number of halogens is 1. The SMILES string of the molecule is CC1CCCCN1Cc1c(C(=O)O)oc2c(F)cccc12. The number of nitrogens with zero attached hydrogens (tertiary/aromatic N) is 1. The minimum atomic E-state index is -1.15. The van der Waals surface area contributed by atoms with E-state index in [1.807, 2.05) is 0 Å². The largest absolute Gasteiger partial charge is 0.475 e. The van der Waals surface area contributed by atoms with E-state index in [1.165, 1.54) is 12.5 Å². The van der Waals surface area contributed by atoms with Gasteiger partial charge in [0.05, 0.1) is 0 Å². The lowest BCUT2D eigenvalue weighted by Gasteiger charge is -2.33. The van der Waals surface area contributed by atoms with Crippen molar-refractivity contribution in [2.75, 3.05) is 6.54 Å². The van der Waals surface area contributed by atoms with Crippen LogP contribution in [0.1, 0.15) is 42.3 Å². The van der Waals surface area contributed by atoms with E-state index in [9.17, 15) is 14.3 Å². The Morgan fingerprint density at radius 1 is 1.48 bits per heavy atom. The summed E-state index contributed by atoms with van der Waals surface area (Å²) in [6.45, 7) is 3.56. The highest BCUT2D eigenvalue weighted by Crippen LogP contribution is 2.30. The minimum Gasteiger partial charge on any atom is -0.475 e. The fourth-order valence-corrected chi connectivity index (χ4v) is 3.06. The first-order chi connectivity index (χ1) is 10.1. The van der Waals surface area contributed by atoms with Gasteiger partial charge in [-0.25, -0.2) is 9.18 Å². The molecule has 1 aromatic carbocycles. The Hall–Kier alpha value is -1.88. The molecule has 2 heterocycles. The van der Waals surface area contributed by atoms with Gasteiger partial charge in [-0.1, -0.05) is 18.6 Å². The third kappa shape index (κ3) is 2.53. The maximum absolute atomic E-state index is 13.8. The number of likely N-dealkylation sites (tertiary alicyclic amines) is 1. The van der Waals surface area contributed by atoms with E-state index in [-0.39, 0.29) is 11.3 Å². The number of rotatable bonds is 3. The molecule has 1 atom stereocenters. The average molecular weight is 291 g/mol. The number of furan rings is 1. The number of hydrogen-bond donors (Lipinski definition) is 1. The van der Waals surface area contributed by atoms with Crippen LogP contribution < -0.4 is 0 Å². The first-order valence-corrected chi connectivity index (χ1v) is 7.25. The summed E-state index contributed by atoms with van der Waals surface area (Å²) in [5.74, 6) is -1.81. The molecule has 1 saturated heterocycles. The van der Waals surface area contributed by atoms with Gasteiger partial charge in [0.2, 0.25) is 5.76 Å². The number of carboxylic acids is 1. The molecule has 0 saturated carbocycles. The van der Waals surface area contributed by atoms with E-state index in [0.29, 0.717) is 23.5 Å². The van der Waals surface area contributed by atoms with E-state index in [2.05, 4.69) is 11.8 Å². The van der Waals surface area contributed by atoms with Crippen LogP contribution in [0, 0.1) is 5.82 Å². The molecule has 0 aliphatic carbocycles. The van der Waals surface area contributed by atoms with Crippen molar-refractivity contribution >= 4 is 16.9 Å². The van der Waals surface area contributed by atoms with E-state index < -0.39 is 11.8 Å². The fraction of sp³-hybridized carbons (Fsp3) is 0.438. The fourth-order valence-electron chi connectivity index (χ4n) is 3.06. The van der Waals surface area contributed by atoms with Crippen LogP contribution >= 0.6 is 0 Å². The third-order valence-corrected chi connectivity index (χ3v) is 4.27. The zero-order chi connectivity index (χ0) is 15.0. The second kappa shape index (κ2) is 5.48. The molecule has 2 aromatic rings. The van der Waals surface area contributed by atoms with E-state index in [4.69, 9.17) is 4.42 Å². The van der Waals surface area contributed by atoms with Gasteiger partial charge in [0, 0.05) is 23.5 Å². The zero-order valence-corrected chi connectivity index (χ0v) is 11.9. The molecule has 1 fully saturated rings. The average Bonchev–Trinajstić information content (AvgIpc) is 2.82. The van der Waals surface area contributed by atoms with Crippen molar-refractivity contribution in [3.63, 3.8) is 0 Å². The number of fused-ring (bicyclic) bond motifs is 1. The topological polar surface area (TPSA) is 53.7 Å². The Morgan fingerprint density at radius 2 is 2.29 bits per heavy atom. The summed E-state index contributed by atoms with van der Waals surface area (Å²) in [6.07, 6.45) is 3.41. The van der Waals surface area contributed by atoms with Crippen LogP contribution in [0.2, 0.25) is 0 Å². The van der Waals surface area contributed by atoms with Gasteiger partial charge < -0.3 is 9.52 Å². The summed E-state index contributed by atoms with van der Waals surface area (Å²) in [7, 11) is 0. The number of para-hydroxylation sites is 1. The van der Waals surface area contributed by atoms with Crippen LogP contribution in [0.15, 0.2) is 22.6 Å². The molecule has 0 bridgehead atoms. The molecule has 0 radical (unpaired) electrons. The number of benzene rings is 1. The van der Waals surface area contributed by atoms with Gasteiger partial charge in [-0.15, -0.1) is 0 Å². The molecule has 1 aliphatic heterocycles. The smallest absolute Gasteiger partial charge is 0.372 e. The van der Waals surface area contributed by atoms with Crippen molar-refractivity contribution in [3.8, 4) is 0 Å². The lowest BCUT2D eigenvalue weighted by Crippen LogP contribution is -2.37. The molecule has 0 spiro atoms. The minimum absolute atomic E-state index is 0.0366. The quantitative estimate of drug-likeness (QED) is 0.938. The Labute approximate surface area is 122 Å². The van der Waals surface area contributed by atoms with Crippen LogP contribution in [0.4, 0.5) is 4.39 Å². The molecule has 112 valence electrons. The van der Waals surface area contributed by atoms with Crippen LogP contribution in [0.5, 0.6) is 0 Å². The van der Waals surface area contributed by atoms with Gasteiger partial charge in [-0.3, -0.25) is 4.90 Å². The highest BCUT2D eigenvalue weighted by atomic mass is 19.1. The van der Waals surface area contributed by atoms with Crippen LogP contribution in [-0.4, -0.2) is 28.6 Å². The van der Waals surface area contributed by atoms with Crippen LogP contribution in [-0.2, 0) is 6.54 Å². The summed E-state index contributed by atoms with van der Waals surface area (Å²) in [5, 5.41) is 9.88. The molecular weight excluding hydrogens is 273 g/mol. The maximum atomic E-state index is 13.8. The number of aromatic carboxylic acids is 1. The second-order valence-electron chi connectivity index (χ2n) is 5.65. The Balaban J connectivity index is 2.05. The number of hydrogen-bond acceptors (Lipinski definition) is 3. The Bertz CT molecular complexity index is 679. The van der Waals surface area contributed by atoms with Crippen molar-refractivity contribution in [2.45, 2.75) is 38.8 Å². The van der Waals surface area contributed by atoms with E-state index in [1.54, 1.807) is 12.1 Å². The van der Waals surface area contributed by atoms with Gasteiger partial charge in [0.1, 0.15) is 0 Å². The van der Waals surface area contributed by atoms with Crippen molar-refractivity contribution in [3.05, 3.63) is 35.3 Å². The zero-order valence-electron chi connectivity index (χ0n) is 11.9. The predicted octanol–water partition coefficient (Wildman–Crippen LogP) is 3.64. The van der Waals surface area contributed by atoms with E-state index >= 15 is 0 Å². The van der Waals surface area contributed by atoms with Gasteiger partial charge in [0.25, 0.3) is 0 Å². The third-order valence-electron chi connectivity index (χ3n) is 4.27. The Kier molecular flexibility index (Phi) is 3.68. The molecule has 5 heteroatoms. The summed E-state index contributed by atoms with van der Waals surface area (Å²) < 4.78 is 19.1. The van der Waals surface area contributed by atoms with Crippen LogP contribution in [0.3, 0.4) is 0 Å². The summed E-state index contributed by atoms with van der Waals surface area (Å²) >= 11 is 0. The summed E-state index contributed by atoms with van der Waals surface area (Å²) in [6, 6.07) is 4.99. The van der Waals surface area contributed by atoms with Crippen molar-refractivity contribution in [1.82, 2.24) is 4.90 Å². The van der Waals surface area contributed by atoms with Gasteiger partial charge >= 0.3 is 5.97 Å². The molecule has 1 N–H and O–H groups in total. The first-order valence-electron chi connectivity index (χ1n) is 7.25. The second-order valence-corrected chi connectivity index (χ2v) is 5.65. The number of carboxylic acid groups (broad SMARTS) is 1. The standard InChI is InChI=1S/C16H18FNO3/c1-10-5-2-3-8-18(10)9-12-11-6-4-7-13(17)14(11)21-15(12)16(19)20/h4,6-7,10H,2-3,5,8-9H2,1H3,(H,19,20). The van der Waals surface area contributed by atoms with Gasteiger partial charge in [-0.05, 0) is 32.4 Å². The molecule has 1 unspecified atom stereocenters.